The van der Waals surface area contributed by atoms with Crippen LogP contribution in [0.4, 0.5) is 5.00 Å². The summed E-state index contributed by atoms with van der Waals surface area (Å²) in [5.41, 5.74) is 0.767. The van der Waals surface area contributed by atoms with E-state index < -0.39 is 12.0 Å². The summed E-state index contributed by atoms with van der Waals surface area (Å²) in [6, 6.07) is 10.00. The predicted octanol–water partition coefficient (Wildman–Crippen LogP) is 3.92. The van der Waals surface area contributed by atoms with Gasteiger partial charge in [-0.3, -0.25) is 14.4 Å². The molecule has 1 heterocycles. The molecule has 2 N–H and O–H groups in total. The van der Waals surface area contributed by atoms with Crippen LogP contribution in [0, 0.1) is 5.92 Å². The smallest absolute Gasteiger partial charge is 0.308 e. The fourth-order valence-corrected chi connectivity index (χ4v) is 3.70. The molecule has 1 aliphatic carbocycles. The molecule has 0 saturated heterocycles. The van der Waals surface area contributed by atoms with Crippen molar-refractivity contribution in [3.8, 4) is 5.75 Å². The molecule has 1 atom stereocenters. The van der Waals surface area contributed by atoms with Gasteiger partial charge in [0.25, 0.3) is 5.91 Å². The number of carbonyl (C=O) groups excluding carboxylic acids is 3. The second-order valence-electron chi connectivity index (χ2n) is 7.47. The minimum atomic E-state index is -0.554. The summed E-state index contributed by atoms with van der Waals surface area (Å²) in [6.07, 6.45) is 1.60. The summed E-state index contributed by atoms with van der Waals surface area (Å²) in [5.74, 6) is 0.0646. The number of benzene rings is 1. The summed E-state index contributed by atoms with van der Waals surface area (Å²) in [5, 5.41) is 6.39. The molecule has 2 amide bonds. The fraction of sp³-hybridized carbons (Fsp3) is 0.409. The third kappa shape index (κ3) is 6.06. The maximum atomic E-state index is 12.8. The fourth-order valence-electron chi connectivity index (χ4n) is 2.89. The molecule has 0 aliphatic heterocycles. The molecule has 0 spiro atoms. The van der Waals surface area contributed by atoms with Crippen molar-refractivity contribution in [2.75, 3.05) is 12.4 Å². The first-order valence-electron chi connectivity index (χ1n) is 9.90. The summed E-state index contributed by atoms with van der Waals surface area (Å²) in [4.78, 5) is 37.4. The van der Waals surface area contributed by atoms with Gasteiger partial charge in [-0.2, -0.15) is 0 Å². The van der Waals surface area contributed by atoms with Crippen LogP contribution in [-0.4, -0.2) is 31.0 Å². The van der Waals surface area contributed by atoms with Crippen LogP contribution in [0.2, 0.25) is 0 Å². The first-order chi connectivity index (χ1) is 14.4. The number of esters is 1. The second kappa shape index (κ2) is 9.75. The first-order valence-corrected chi connectivity index (χ1v) is 10.7. The number of hydrogen-bond acceptors (Lipinski definition) is 6. The summed E-state index contributed by atoms with van der Waals surface area (Å²) >= 11 is 1.21. The molecule has 7 nitrogen and oxygen atoms in total. The molecular weight excluding hydrogens is 404 g/mol. The van der Waals surface area contributed by atoms with Crippen LogP contribution in [0.15, 0.2) is 36.4 Å². The van der Waals surface area contributed by atoms with Crippen LogP contribution in [0.25, 0.3) is 0 Å². The topological polar surface area (TPSA) is 93.7 Å². The molecule has 1 saturated carbocycles. The van der Waals surface area contributed by atoms with Gasteiger partial charge in [-0.15, -0.1) is 11.3 Å². The van der Waals surface area contributed by atoms with Gasteiger partial charge in [0.2, 0.25) is 5.91 Å². The van der Waals surface area contributed by atoms with Gasteiger partial charge in [-0.05, 0) is 56.5 Å². The molecule has 8 heteroatoms. The molecule has 1 aromatic heterocycles. The van der Waals surface area contributed by atoms with Gasteiger partial charge in [-0.25, -0.2) is 0 Å². The predicted molar refractivity (Wildman–Crippen MR) is 115 cm³/mol. The highest BCUT2D eigenvalue weighted by atomic mass is 32.1. The molecule has 1 fully saturated rings. The van der Waals surface area contributed by atoms with E-state index in [4.69, 9.17) is 9.47 Å². The van der Waals surface area contributed by atoms with Crippen molar-refractivity contribution in [1.29, 1.82) is 0 Å². The van der Waals surface area contributed by atoms with Crippen LogP contribution in [0.3, 0.4) is 0 Å². The van der Waals surface area contributed by atoms with E-state index in [0.717, 1.165) is 18.4 Å². The lowest BCUT2D eigenvalue weighted by atomic mass is 10.0. The number of methoxy groups -OCH3 is 1. The van der Waals surface area contributed by atoms with Crippen molar-refractivity contribution in [1.82, 2.24) is 5.32 Å². The van der Waals surface area contributed by atoms with E-state index in [1.165, 1.54) is 11.3 Å². The molecule has 160 valence electrons. The largest absolute Gasteiger partial charge is 0.497 e. The van der Waals surface area contributed by atoms with E-state index in [1.807, 2.05) is 12.1 Å². The number of hydrogen-bond donors (Lipinski definition) is 2. The lowest BCUT2D eigenvalue weighted by Crippen LogP contribution is -2.30. The number of anilines is 1. The minimum Gasteiger partial charge on any atom is -0.497 e. The molecule has 1 aliphatic rings. The van der Waals surface area contributed by atoms with Crippen molar-refractivity contribution in [2.24, 2.45) is 5.92 Å². The number of thiophene rings is 1. The molecule has 2 aromatic rings. The van der Waals surface area contributed by atoms with Crippen molar-refractivity contribution in [3.05, 3.63) is 46.8 Å². The third-order valence-corrected chi connectivity index (χ3v) is 5.59. The van der Waals surface area contributed by atoms with E-state index in [-0.39, 0.29) is 30.3 Å². The highest BCUT2D eigenvalue weighted by Crippen LogP contribution is 2.32. The van der Waals surface area contributed by atoms with Crippen LogP contribution < -0.4 is 15.4 Å². The average molecular weight is 431 g/mol. The Morgan fingerprint density at radius 3 is 2.40 bits per heavy atom. The standard InChI is InChI=1S/C22H26N2O5S/c1-13(2)29-20(25)12-17(14-6-8-16(28-3)9-7-14)23-22(27)18-10-11-19(30-18)24-21(26)15-4-5-15/h6-11,13,15,17H,4-5,12H2,1-3H3,(H,23,27)(H,24,26). The number of ether oxygens (including phenoxy) is 2. The van der Waals surface area contributed by atoms with E-state index in [2.05, 4.69) is 10.6 Å². The Balaban J connectivity index is 1.70. The zero-order valence-corrected chi connectivity index (χ0v) is 18.1. The second-order valence-corrected chi connectivity index (χ2v) is 8.55. The van der Waals surface area contributed by atoms with Crippen molar-refractivity contribution in [3.63, 3.8) is 0 Å². The summed E-state index contributed by atoms with van der Waals surface area (Å²) in [6.45, 7) is 3.56. The van der Waals surface area contributed by atoms with Gasteiger partial charge in [0.05, 0.1) is 35.6 Å². The number of carbonyl (C=O) groups is 3. The molecule has 3 rings (SSSR count). The molecular formula is C22H26N2O5S. The van der Waals surface area contributed by atoms with Crippen molar-refractivity contribution in [2.45, 2.75) is 45.3 Å². The van der Waals surface area contributed by atoms with Gasteiger partial charge < -0.3 is 20.1 Å². The molecule has 0 bridgehead atoms. The normalized spacial score (nSPS) is 14.1. The minimum absolute atomic E-state index is 0.00338. The Morgan fingerprint density at radius 1 is 1.10 bits per heavy atom. The van der Waals surface area contributed by atoms with E-state index in [1.54, 1.807) is 45.2 Å². The lowest BCUT2D eigenvalue weighted by molar-refractivity contribution is -0.148. The van der Waals surface area contributed by atoms with Gasteiger partial charge in [0.1, 0.15) is 5.75 Å². The molecule has 1 aromatic carbocycles. The van der Waals surface area contributed by atoms with Gasteiger partial charge >= 0.3 is 5.97 Å². The Morgan fingerprint density at radius 2 is 1.80 bits per heavy atom. The van der Waals surface area contributed by atoms with E-state index in [0.29, 0.717) is 15.6 Å². The maximum absolute atomic E-state index is 12.8. The van der Waals surface area contributed by atoms with Crippen molar-refractivity contribution < 1.29 is 23.9 Å². The molecule has 30 heavy (non-hydrogen) atoms. The van der Waals surface area contributed by atoms with Gasteiger partial charge in [0.15, 0.2) is 0 Å². The first kappa shape index (κ1) is 21.8. The lowest BCUT2D eigenvalue weighted by Gasteiger charge is -2.19. The zero-order chi connectivity index (χ0) is 21.7. The Labute approximate surface area is 179 Å². The Bertz CT molecular complexity index is 903. The SMILES string of the molecule is COc1ccc(C(CC(=O)OC(C)C)NC(=O)c2ccc(NC(=O)C3CC3)s2)cc1. The number of nitrogens with one attached hydrogen (secondary N) is 2. The molecule has 1 unspecified atom stereocenters. The average Bonchev–Trinajstić information content (AvgIpc) is 3.46. The van der Waals surface area contributed by atoms with E-state index in [9.17, 15) is 14.4 Å². The highest BCUT2D eigenvalue weighted by molar-refractivity contribution is 7.18. The van der Waals surface area contributed by atoms with Gasteiger partial charge in [-0.1, -0.05) is 12.1 Å². The van der Waals surface area contributed by atoms with Crippen LogP contribution in [-0.2, 0) is 14.3 Å². The summed E-state index contributed by atoms with van der Waals surface area (Å²) in [7, 11) is 1.57. The summed E-state index contributed by atoms with van der Waals surface area (Å²) < 4.78 is 10.4. The van der Waals surface area contributed by atoms with Crippen LogP contribution in [0.5, 0.6) is 5.75 Å². The van der Waals surface area contributed by atoms with Crippen LogP contribution >= 0.6 is 11.3 Å². The molecule has 0 radical (unpaired) electrons. The monoisotopic (exact) mass is 430 g/mol. The highest BCUT2D eigenvalue weighted by Gasteiger charge is 2.30. The Hall–Kier alpha value is -2.87. The number of rotatable bonds is 9. The number of amides is 2. The Kier molecular flexibility index (Phi) is 7.10. The zero-order valence-electron chi connectivity index (χ0n) is 17.3. The van der Waals surface area contributed by atoms with Gasteiger partial charge in [0, 0.05) is 5.92 Å². The third-order valence-electron chi connectivity index (χ3n) is 4.59. The van der Waals surface area contributed by atoms with E-state index >= 15 is 0 Å². The van der Waals surface area contributed by atoms with Crippen molar-refractivity contribution >= 4 is 34.1 Å². The maximum Gasteiger partial charge on any atom is 0.308 e. The van der Waals surface area contributed by atoms with Crippen LogP contribution in [0.1, 0.15) is 54.4 Å². The quantitative estimate of drug-likeness (QED) is 0.588.